The molecule has 0 aliphatic heterocycles. The lowest BCUT2D eigenvalue weighted by molar-refractivity contribution is -0.159. The summed E-state index contributed by atoms with van der Waals surface area (Å²) in [4.78, 5) is 22.6. The van der Waals surface area contributed by atoms with E-state index in [1.807, 2.05) is 0 Å². The first-order chi connectivity index (χ1) is 8.17. The Kier molecular flexibility index (Phi) is 9.37. The van der Waals surface area contributed by atoms with Crippen LogP contribution in [0.5, 0.6) is 0 Å². The van der Waals surface area contributed by atoms with Crippen LogP contribution in [0.2, 0.25) is 0 Å². The molecular weight excluding hydrogens is 228 g/mol. The maximum Gasteiger partial charge on any atom is 0.320 e. The summed E-state index contributed by atoms with van der Waals surface area (Å²) in [7, 11) is 4.08. The molecule has 100 valence electrons. The van der Waals surface area contributed by atoms with Gasteiger partial charge in [0.1, 0.15) is 0 Å². The van der Waals surface area contributed by atoms with Crippen LogP contribution in [0.25, 0.3) is 0 Å². The first-order valence-corrected chi connectivity index (χ1v) is 5.39. The van der Waals surface area contributed by atoms with Crippen LogP contribution in [-0.2, 0) is 28.5 Å². The highest BCUT2D eigenvalue weighted by Gasteiger charge is 2.27. The molecule has 0 bridgehead atoms. The van der Waals surface area contributed by atoms with Gasteiger partial charge in [-0.1, -0.05) is 0 Å². The fraction of sp³-hybridized carbons (Fsp3) is 0.818. The van der Waals surface area contributed by atoms with Gasteiger partial charge in [-0.25, -0.2) is 0 Å². The van der Waals surface area contributed by atoms with E-state index in [4.69, 9.17) is 9.47 Å². The van der Waals surface area contributed by atoms with E-state index in [0.717, 1.165) is 0 Å². The van der Waals surface area contributed by atoms with E-state index in [1.165, 1.54) is 14.2 Å². The van der Waals surface area contributed by atoms with Gasteiger partial charge in [0, 0.05) is 13.7 Å². The molecule has 0 amide bonds. The molecular formula is C11H20O6. The van der Waals surface area contributed by atoms with Gasteiger partial charge in [0.05, 0.1) is 27.4 Å². The number of esters is 2. The number of carbonyl (C=O) groups excluding carboxylic acids is 2. The van der Waals surface area contributed by atoms with Crippen LogP contribution in [0.1, 0.15) is 12.8 Å². The Morgan fingerprint density at radius 1 is 0.941 bits per heavy atom. The van der Waals surface area contributed by atoms with Crippen LogP contribution >= 0.6 is 0 Å². The lowest BCUT2D eigenvalue weighted by Crippen LogP contribution is -2.26. The van der Waals surface area contributed by atoms with Gasteiger partial charge < -0.3 is 18.9 Å². The van der Waals surface area contributed by atoms with E-state index in [1.54, 1.807) is 7.11 Å². The first kappa shape index (κ1) is 15.9. The second-order valence-corrected chi connectivity index (χ2v) is 3.35. The predicted octanol–water partition coefficient (Wildman–Crippen LogP) is 0.392. The van der Waals surface area contributed by atoms with Crippen molar-refractivity contribution in [3.05, 3.63) is 0 Å². The van der Waals surface area contributed by atoms with E-state index in [-0.39, 0.29) is 0 Å². The van der Waals surface area contributed by atoms with Gasteiger partial charge >= 0.3 is 11.9 Å². The normalized spacial score (nSPS) is 10.4. The van der Waals surface area contributed by atoms with Crippen molar-refractivity contribution in [2.24, 2.45) is 5.92 Å². The van der Waals surface area contributed by atoms with E-state index < -0.39 is 17.9 Å². The fourth-order valence-electron chi connectivity index (χ4n) is 1.25. The molecule has 0 atom stereocenters. The van der Waals surface area contributed by atoms with E-state index in [9.17, 15) is 9.59 Å². The van der Waals surface area contributed by atoms with Crippen molar-refractivity contribution < 1.29 is 28.5 Å². The zero-order chi connectivity index (χ0) is 13.1. The summed E-state index contributed by atoms with van der Waals surface area (Å²) in [5.74, 6) is -2.02. The van der Waals surface area contributed by atoms with Crippen molar-refractivity contribution in [2.75, 3.05) is 41.2 Å². The second kappa shape index (κ2) is 10.0. The molecule has 0 saturated carbocycles. The molecule has 0 unspecified atom stereocenters. The lowest BCUT2D eigenvalue weighted by atomic mass is 10.0. The standard InChI is InChI=1S/C11H20O6/c1-14-7-8-17-6-4-5-9(10(12)15-2)11(13)16-3/h9H,4-8H2,1-3H3. The van der Waals surface area contributed by atoms with Crippen LogP contribution in [0.4, 0.5) is 0 Å². The lowest BCUT2D eigenvalue weighted by Gasteiger charge is -2.12. The quantitative estimate of drug-likeness (QED) is 0.334. The fourth-order valence-corrected chi connectivity index (χ4v) is 1.25. The molecule has 6 heteroatoms. The number of carbonyl (C=O) groups is 2. The minimum absolute atomic E-state index is 0.354. The smallest absolute Gasteiger partial charge is 0.320 e. The van der Waals surface area contributed by atoms with Crippen LogP contribution in [0.3, 0.4) is 0 Å². The first-order valence-electron chi connectivity index (χ1n) is 5.39. The van der Waals surface area contributed by atoms with Crippen molar-refractivity contribution >= 4 is 11.9 Å². The number of methoxy groups -OCH3 is 3. The zero-order valence-electron chi connectivity index (χ0n) is 10.6. The van der Waals surface area contributed by atoms with Crippen molar-refractivity contribution in [1.82, 2.24) is 0 Å². The number of hydrogen-bond donors (Lipinski definition) is 0. The third-order valence-electron chi connectivity index (χ3n) is 2.18. The third kappa shape index (κ3) is 6.91. The highest BCUT2D eigenvalue weighted by molar-refractivity contribution is 5.94. The highest BCUT2D eigenvalue weighted by Crippen LogP contribution is 2.10. The van der Waals surface area contributed by atoms with Crippen molar-refractivity contribution in [3.8, 4) is 0 Å². The number of ether oxygens (including phenoxy) is 4. The van der Waals surface area contributed by atoms with Gasteiger partial charge in [0.2, 0.25) is 0 Å². The number of rotatable bonds is 9. The summed E-state index contributed by atoms with van der Waals surface area (Å²) in [5, 5.41) is 0. The average molecular weight is 248 g/mol. The van der Waals surface area contributed by atoms with Crippen LogP contribution in [0, 0.1) is 5.92 Å². The summed E-state index contributed by atoms with van der Waals surface area (Å²) >= 11 is 0. The van der Waals surface area contributed by atoms with Gasteiger partial charge in [0.25, 0.3) is 0 Å². The summed E-state index contributed by atoms with van der Waals surface area (Å²) in [6, 6.07) is 0. The van der Waals surface area contributed by atoms with Crippen molar-refractivity contribution in [3.63, 3.8) is 0 Å². The largest absolute Gasteiger partial charge is 0.468 e. The predicted molar refractivity (Wildman–Crippen MR) is 59.5 cm³/mol. The Morgan fingerprint density at radius 3 is 2.00 bits per heavy atom. The molecule has 17 heavy (non-hydrogen) atoms. The summed E-state index contributed by atoms with van der Waals surface area (Å²) in [6.45, 7) is 1.49. The van der Waals surface area contributed by atoms with Crippen molar-refractivity contribution in [1.29, 1.82) is 0 Å². The Balaban J connectivity index is 3.85. The molecule has 0 aliphatic rings. The topological polar surface area (TPSA) is 71.1 Å². The maximum absolute atomic E-state index is 11.3. The minimum atomic E-state index is -0.865. The molecule has 0 aromatic carbocycles. The van der Waals surface area contributed by atoms with Gasteiger partial charge in [-0.2, -0.15) is 0 Å². The Hall–Kier alpha value is -1.14. The summed E-state index contributed by atoms with van der Waals surface area (Å²) in [5.41, 5.74) is 0. The number of hydrogen-bond acceptors (Lipinski definition) is 6. The average Bonchev–Trinajstić information content (AvgIpc) is 2.36. The molecule has 0 N–H and O–H groups in total. The molecule has 0 rings (SSSR count). The van der Waals surface area contributed by atoms with Crippen molar-refractivity contribution in [2.45, 2.75) is 12.8 Å². The molecule has 0 aromatic heterocycles. The summed E-state index contributed by atoms with van der Waals surface area (Å²) in [6.07, 6.45) is 0.935. The molecule has 0 saturated heterocycles. The molecule has 0 heterocycles. The van der Waals surface area contributed by atoms with Crippen LogP contribution in [0.15, 0.2) is 0 Å². The highest BCUT2D eigenvalue weighted by atomic mass is 16.5. The molecule has 0 aliphatic carbocycles. The Labute approximate surface area is 101 Å². The molecule has 0 fully saturated rings. The Bertz CT molecular complexity index is 212. The summed E-state index contributed by atoms with van der Waals surface area (Å²) < 4.78 is 19.1. The van der Waals surface area contributed by atoms with Gasteiger partial charge in [-0.15, -0.1) is 0 Å². The van der Waals surface area contributed by atoms with Crippen LogP contribution in [-0.4, -0.2) is 53.1 Å². The van der Waals surface area contributed by atoms with E-state index >= 15 is 0 Å². The maximum atomic E-state index is 11.3. The van der Waals surface area contributed by atoms with Gasteiger partial charge in [0.15, 0.2) is 5.92 Å². The van der Waals surface area contributed by atoms with Gasteiger partial charge in [-0.05, 0) is 12.8 Å². The van der Waals surface area contributed by atoms with Gasteiger partial charge in [-0.3, -0.25) is 9.59 Å². The molecule has 0 aromatic rings. The molecule has 0 spiro atoms. The SMILES string of the molecule is COCCOCCCC(C(=O)OC)C(=O)OC. The minimum Gasteiger partial charge on any atom is -0.468 e. The zero-order valence-corrected chi connectivity index (χ0v) is 10.6. The molecule has 0 radical (unpaired) electrons. The third-order valence-corrected chi connectivity index (χ3v) is 2.18. The van der Waals surface area contributed by atoms with E-state index in [0.29, 0.717) is 32.7 Å². The second-order valence-electron chi connectivity index (χ2n) is 3.35. The monoisotopic (exact) mass is 248 g/mol. The van der Waals surface area contributed by atoms with E-state index in [2.05, 4.69) is 9.47 Å². The Morgan fingerprint density at radius 2 is 1.53 bits per heavy atom. The van der Waals surface area contributed by atoms with Crippen LogP contribution < -0.4 is 0 Å². The molecule has 6 nitrogen and oxygen atoms in total.